The Bertz CT molecular complexity index is 853. The van der Waals surface area contributed by atoms with E-state index in [1.165, 1.54) is 25.7 Å². The Hall–Kier alpha value is -0.610. The summed E-state index contributed by atoms with van der Waals surface area (Å²) in [5.74, 6) is 4.04. The highest BCUT2D eigenvalue weighted by atomic mass is 16.5. The van der Waals surface area contributed by atoms with E-state index in [1.54, 1.807) is 7.11 Å². The van der Waals surface area contributed by atoms with Gasteiger partial charge in [0.1, 0.15) is 0 Å². The summed E-state index contributed by atoms with van der Waals surface area (Å²) < 4.78 is 5.52. The Kier molecular flexibility index (Phi) is 6.72. The maximum Gasteiger partial charge on any atom is 0.312 e. The van der Waals surface area contributed by atoms with Crippen molar-refractivity contribution in [2.24, 2.45) is 69.0 Å². The van der Waals surface area contributed by atoms with Crippen LogP contribution < -0.4 is 0 Å². The predicted molar refractivity (Wildman–Crippen MR) is 143 cm³/mol. The summed E-state index contributed by atoms with van der Waals surface area (Å²) in [5.41, 5.74) is 0.127. The fraction of sp³-hybridized carbons (Fsp3) is 0.969. The lowest BCUT2D eigenvalue weighted by Crippen LogP contribution is -2.60. The quantitative estimate of drug-likeness (QED) is 0.434. The topological polar surface area (TPSA) is 66.8 Å². The molecular weight excluding hydrogens is 448 g/mol. The minimum atomic E-state index is -0.357. The van der Waals surface area contributed by atoms with Crippen molar-refractivity contribution in [3.63, 3.8) is 0 Å². The average Bonchev–Trinajstić information content (AvgIpc) is 3.25. The highest BCUT2D eigenvalue weighted by Crippen LogP contribution is 2.71. The zero-order valence-electron chi connectivity index (χ0n) is 24.2. The Labute approximate surface area is 220 Å². The molecule has 12 atom stereocenters. The van der Waals surface area contributed by atoms with Crippen molar-refractivity contribution in [1.82, 2.24) is 0 Å². The molecule has 12 unspecified atom stereocenters. The molecule has 0 heterocycles. The molecule has 0 amide bonds. The van der Waals surface area contributed by atoms with Crippen LogP contribution in [0.1, 0.15) is 106 Å². The van der Waals surface area contributed by atoms with Gasteiger partial charge in [0.25, 0.3) is 0 Å². The fourth-order valence-corrected chi connectivity index (χ4v) is 11.6. The second kappa shape index (κ2) is 8.97. The number of carbonyl (C=O) groups is 1. The van der Waals surface area contributed by atoms with E-state index in [9.17, 15) is 15.0 Å². The lowest BCUT2D eigenvalue weighted by atomic mass is 9.40. The van der Waals surface area contributed by atoms with E-state index in [0.29, 0.717) is 46.8 Å². The van der Waals surface area contributed by atoms with Gasteiger partial charge in [0, 0.05) is 6.61 Å². The van der Waals surface area contributed by atoms with Crippen molar-refractivity contribution in [3.05, 3.63) is 0 Å². The molecule has 0 saturated heterocycles. The number of rotatable bonds is 3. The van der Waals surface area contributed by atoms with Crippen LogP contribution in [0.4, 0.5) is 0 Å². The van der Waals surface area contributed by atoms with E-state index in [2.05, 4.69) is 41.5 Å². The second-order valence-electron chi connectivity index (χ2n) is 15.4. The Morgan fingerprint density at radius 2 is 1.69 bits per heavy atom. The maximum absolute atomic E-state index is 13.5. The first-order chi connectivity index (χ1) is 16.9. The standard InChI is InChI=1S/C32H54O4/c1-19(18-33)23-10-13-32(28(35)36-7)15-14-30(5)20(2)21-16-22(8-9-24(30)27(23)32)31(6)12-11-26(34)29(3,4)25(31)17-21/h19-27,33-34H,8-18H2,1-7H3. The van der Waals surface area contributed by atoms with Crippen molar-refractivity contribution >= 4 is 5.97 Å². The van der Waals surface area contributed by atoms with E-state index >= 15 is 0 Å². The largest absolute Gasteiger partial charge is 0.469 e. The van der Waals surface area contributed by atoms with Crippen LogP contribution in [0.5, 0.6) is 0 Å². The molecule has 5 aliphatic carbocycles. The Balaban J connectivity index is 1.55. The summed E-state index contributed by atoms with van der Waals surface area (Å²) in [6, 6.07) is 0. The number of hydrogen-bond acceptors (Lipinski definition) is 4. The summed E-state index contributed by atoms with van der Waals surface area (Å²) in [6.45, 7) is 14.8. The van der Waals surface area contributed by atoms with E-state index in [-0.39, 0.29) is 40.8 Å². The lowest BCUT2D eigenvalue weighted by Gasteiger charge is -2.65. The number of ether oxygens (including phenoxy) is 1. The molecular formula is C32H54O4. The molecule has 5 aliphatic rings. The van der Waals surface area contributed by atoms with Crippen LogP contribution in [0, 0.1) is 69.0 Å². The van der Waals surface area contributed by atoms with Gasteiger partial charge >= 0.3 is 5.97 Å². The van der Waals surface area contributed by atoms with Crippen molar-refractivity contribution in [2.75, 3.05) is 13.7 Å². The molecule has 0 aromatic rings. The molecule has 0 radical (unpaired) electrons. The smallest absolute Gasteiger partial charge is 0.312 e. The minimum absolute atomic E-state index is 0.0205. The van der Waals surface area contributed by atoms with E-state index in [0.717, 1.165) is 38.5 Å². The summed E-state index contributed by atoms with van der Waals surface area (Å²) in [5, 5.41) is 21.2. The van der Waals surface area contributed by atoms with Gasteiger partial charge in [-0.25, -0.2) is 0 Å². The van der Waals surface area contributed by atoms with Crippen LogP contribution in [0.15, 0.2) is 0 Å². The molecule has 0 aromatic carbocycles. The summed E-state index contributed by atoms with van der Waals surface area (Å²) in [4.78, 5) is 13.5. The first-order valence-corrected chi connectivity index (χ1v) is 15.2. The average molecular weight is 503 g/mol. The van der Waals surface area contributed by atoms with Gasteiger partial charge in [0.15, 0.2) is 0 Å². The number of methoxy groups -OCH3 is 1. The van der Waals surface area contributed by atoms with Crippen LogP contribution in [-0.2, 0) is 9.53 Å². The zero-order valence-corrected chi connectivity index (χ0v) is 24.2. The fourth-order valence-electron chi connectivity index (χ4n) is 11.6. The van der Waals surface area contributed by atoms with Crippen LogP contribution in [0.25, 0.3) is 0 Å². The third-order valence-electron chi connectivity index (χ3n) is 14.2. The van der Waals surface area contributed by atoms with Gasteiger partial charge in [-0.1, -0.05) is 41.5 Å². The number of aliphatic hydroxyl groups is 2. The van der Waals surface area contributed by atoms with Crippen LogP contribution in [0.2, 0.25) is 0 Å². The molecule has 0 aliphatic heterocycles. The molecule has 2 N–H and O–H groups in total. The van der Waals surface area contributed by atoms with Gasteiger partial charge in [-0.05, 0) is 128 Å². The molecule has 206 valence electrons. The number of esters is 1. The number of fused-ring (bicyclic) bond motifs is 7. The van der Waals surface area contributed by atoms with Gasteiger partial charge in [0.2, 0.25) is 0 Å². The molecule has 0 aromatic heterocycles. The number of carbonyl (C=O) groups excluding carboxylic acids is 1. The molecule has 36 heavy (non-hydrogen) atoms. The van der Waals surface area contributed by atoms with Gasteiger partial charge in [0.05, 0.1) is 18.6 Å². The van der Waals surface area contributed by atoms with Gasteiger partial charge in [-0.15, -0.1) is 0 Å². The summed E-state index contributed by atoms with van der Waals surface area (Å²) in [6.07, 6.45) is 10.9. The van der Waals surface area contributed by atoms with Crippen molar-refractivity contribution < 1.29 is 19.7 Å². The normalized spacial score (nSPS) is 52.7. The zero-order chi connectivity index (χ0) is 26.3. The molecule has 5 fully saturated rings. The minimum Gasteiger partial charge on any atom is -0.469 e. The third kappa shape index (κ3) is 3.55. The third-order valence-corrected chi connectivity index (χ3v) is 14.2. The van der Waals surface area contributed by atoms with Crippen molar-refractivity contribution in [3.8, 4) is 0 Å². The second-order valence-corrected chi connectivity index (χ2v) is 15.4. The summed E-state index contributed by atoms with van der Waals surface area (Å²) in [7, 11) is 1.58. The van der Waals surface area contributed by atoms with Crippen LogP contribution in [0.3, 0.4) is 0 Å². The number of aliphatic hydroxyl groups excluding tert-OH is 2. The van der Waals surface area contributed by atoms with Crippen molar-refractivity contribution in [2.45, 2.75) is 112 Å². The van der Waals surface area contributed by atoms with Crippen LogP contribution >= 0.6 is 0 Å². The molecule has 5 rings (SSSR count). The van der Waals surface area contributed by atoms with Crippen molar-refractivity contribution in [1.29, 1.82) is 0 Å². The lowest BCUT2D eigenvalue weighted by molar-refractivity contribution is -0.189. The molecule has 2 bridgehead atoms. The van der Waals surface area contributed by atoms with Gasteiger partial charge < -0.3 is 14.9 Å². The first kappa shape index (κ1) is 27.0. The predicted octanol–water partition coefficient (Wildman–Crippen LogP) is 6.48. The highest BCUT2D eigenvalue weighted by molar-refractivity contribution is 5.78. The Morgan fingerprint density at radius 1 is 0.972 bits per heavy atom. The van der Waals surface area contributed by atoms with Gasteiger partial charge in [-0.3, -0.25) is 4.79 Å². The number of hydrogen-bond donors (Lipinski definition) is 2. The van der Waals surface area contributed by atoms with Gasteiger partial charge in [-0.2, -0.15) is 0 Å². The Morgan fingerprint density at radius 3 is 2.36 bits per heavy atom. The summed E-state index contributed by atoms with van der Waals surface area (Å²) >= 11 is 0. The SMILES string of the molecule is COC(=O)C12CCC(C(C)CO)C1C1CCC3CC(CC4C(C)(C)C(O)CCC34C)C(C)C1(C)CC2. The van der Waals surface area contributed by atoms with E-state index < -0.39 is 0 Å². The highest BCUT2D eigenvalue weighted by Gasteiger charge is 2.66. The molecule has 0 spiro atoms. The van der Waals surface area contributed by atoms with E-state index in [4.69, 9.17) is 4.74 Å². The molecule has 4 nitrogen and oxygen atoms in total. The first-order valence-electron chi connectivity index (χ1n) is 15.2. The molecule has 4 heteroatoms. The van der Waals surface area contributed by atoms with Crippen LogP contribution in [-0.4, -0.2) is 36.0 Å². The maximum atomic E-state index is 13.5. The monoisotopic (exact) mass is 502 g/mol. The molecule has 5 saturated carbocycles. The van der Waals surface area contributed by atoms with E-state index in [1.807, 2.05) is 0 Å².